The Morgan fingerprint density at radius 3 is 1.93 bits per heavy atom. The third-order valence-electron chi connectivity index (χ3n) is 2.32. The van der Waals surface area contributed by atoms with Crippen LogP contribution in [0.2, 0.25) is 0 Å². The lowest BCUT2D eigenvalue weighted by molar-refractivity contribution is 0.527. The topological polar surface area (TPSA) is 45.8 Å². The molecule has 84 valence electrons. The number of aromatic nitrogens is 2. The smallest absolute Gasteiger partial charge is 0.254 e. The van der Waals surface area contributed by atoms with E-state index >= 15 is 0 Å². The van der Waals surface area contributed by atoms with Gasteiger partial charge in [-0.15, -0.1) is 0 Å². The summed E-state index contributed by atoms with van der Waals surface area (Å²) in [5, 5.41) is 0. The van der Waals surface area contributed by atoms with Gasteiger partial charge in [0.25, 0.3) is 5.56 Å². The number of rotatable bonds is 0. The van der Waals surface area contributed by atoms with Gasteiger partial charge in [-0.1, -0.05) is 41.5 Å². The van der Waals surface area contributed by atoms with E-state index in [0.717, 1.165) is 11.4 Å². The van der Waals surface area contributed by atoms with Crippen molar-refractivity contribution in [3.05, 3.63) is 27.9 Å². The molecule has 1 aromatic rings. The second-order valence-electron chi connectivity index (χ2n) is 5.97. The Bertz CT molecular complexity index is 405. The van der Waals surface area contributed by atoms with Crippen molar-refractivity contribution in [1.82, 2.24) is 9.97 Å². The number of aromatic amines is 1. The molecule has 1 heterocycles. The zero-order valence-corrected chi connectivity index (χ0v) is 10.4. The van der Waals surface area contributed by atoms with Gasteiger partial charge < -0.3 is 4.98 Å². The molecule has 0 saturated carbocycles. The summed E-state index contributed by atoms with van der Waals surface area (Å²) in [6, 6.07) is 0. The maximum Gasteiger partial charge on any atom is 0.254 e. The van der Waals surface area contributed by atoms with Crippen molar-refractivity contribution in [2.75, 3.05) is 0 Å². The van der Waals surface area contributed by atoms with Crippen molar-refractivity contribution in [2.45, 2.75) is 52.4 Å². The summed E-state index contributed by atoms with van der Waals surface area (Å²) in [5.74, 6) is 0.737. The van der Waals surface area contributed by atoms with E-state index in [1.807, 2.05) is 41.5 Å². The van der Waals surface area contributed by atoms with E-state index in [1.54, 1.807) is 6.20 Å². The molecule has 0 fully saturated rings. The molecule has 0 amide bonds. The van der Waals surface area contributed by atoms with Crippen LogP contribution in [0.15, 0.2) is 11.0 Å². The molecule has 0 atom stereocenters. The van der Waals surface area contributed by atoms with Gasteiger partial charge in [0.1, 0.15) is 5.82 Å². The minimum atomic E-state index is -0.156. The van der Waals surface area contributed by atoms with Crippen LogP contribution in [0.5, 0.6) is 0 Å². The fourth-order valence-corrected chi connectivity index (χ4v) is 1.31. The number of hydrogen-bond donors (Lipinski definition) is 1. The number of H-pyrrole nitrogens is 1. The molecular formula is C12H20N2O. The summed E-state index contributed by atoms with van der Waals surface area (Å²) in [6.45, 7) is 12.1. The van der Waals surface area contributed by atoms with Crippen LogP contribution in [0.25, 0.3) is 0 Å². The maximum absolute atomic E-state index is 11.8. The van der Waals surface area contributed by atoms with Gasteiger partial charge in [0.15, 0.2) is 0 Å². The van der Waals surface area contributed by atoms with Crippen LogP contribution in [0, 0.1) is 0 Å². The summed E-state index contributed by atoms with van der Waals surface area (Å²) in [7, 11) is 0. The fourth-order valence-electron chi connectivity index (χ4n) is 1.31. The Labute approximate surface area is 91.0 Å². The van der Waals surface area contributed by atoms with Crippen LogP contribution >= 0.6 is 0 Å². The molecule has 0 aliphatic rings. The lowest BCUT2D eigenvalue weighted by Crippen LogP contribution is -2.29. The molecule has 0 unspecified atom stereocenters. The molecule has 3 heteroatoms. The zero-order chi connectivity index (χ0) is 11.9. The summed E-state index contributed by atoms with van der Waals surface area (Å²) in [5.41, 5.74) is 0.435. The van der Waals surface area contributed by atoms with Crippen LogP contribution in [-0.2, 0) is 10.8 Å². The molecule has 1 rings (SSSR count). The Kier molecular flexibility index (Phi) is 2.77. The standard InChI is InChI=1S/C12H20N2O/c1-11(2,3)8-7-13-10(12(4,5)6)14-9(8)15/h7H,1-6H3,(H,13,14,15). The molecule has 0 aliphatic heterocycles. The normalized spacial score (nSPS) is 12.9. The molecule has 0 bridgehead atoms. The average molecular weight is 208 g/mol. The largest absolute Gasteiger partial charge is 0.310 e. The molecule has 0 aromatic carbocycles. The molecule has 0 aliphatic carbocycles. The SMILES string of the molecule is CC(C)(C)c1ncc(C(C)(C)C)c(=O)[nH]1. The van der Waals surface area contributed by atoms with Crippen LogP contribution in [-0.4, -0.2) is 9.97 Å². The van der Waals surface area contributed by atoms with Crippen molar-refractivity contribution in [2.24, 2.45) is 0 Å². The van der Waals surface area contributed by atoms with E-state index < -0.39 is 0 Å². The van der Waals surface area contributed by atoms with Gasteiger partial charge in [-0.05, 0) is 5.41 Å². The van der Waals surface area contributed by atoms with E-state index in [9.17, 15) is 4.79 Å². The van der Waals surface area contributed by atoms with E-state index in [0.29, 0.717) is 0 Å². The van der Waals surface area contributed by atoms with Crippen molar-refractivity contribution >= 4 is 0 Å². The predicted octanol–water partition coefficient (Wildman–Crippen LogP) is 2.36. The molecular weight excluding hydrogens is 188 g/mol. The first-order valence-corrected chi connectivity index (χ1v) is 5.22. The van der Waals surface area contributed by atoms with Gasteiger partial charge >= 0.3 is 0 Å². The first kappa shape index (κ1) is 12.0. The molecule has 1 aromatic heterocycles. The molecule has 1 N–H and O–H groups in total. The van der Waals surface area contributed by atoms with Gasteiger partial charge in [-0.3, -0.25) is 4.79 Å². The van der Waals surface area contributed by atoms with E-state index in [4.69, 9.17) is 0 Å². The van der Waals surface area contributed by atoms with Crippen LogP contribution in [0.1, 0.15) is 52.9 Å². The predicted molar refractivity (Wildman–Crippen MR) is 62.3 cm³/mol. The maximum atomic E-state index is 11.8. The quantitative estimate of drug-likeness (QED) is 0.711. The molecule has 0 saturated heterocycles. The summed E-state index contributed by atoms with van der Waals surface area (Å²) in [6.07, 6.45) is 1.69. The Morgan fingerprint density at radius 1 is 1.07 bits per heavy atom. The van der Waals surface area contributed by atoms with Crippen molar-refractivity contribution < 1.29 is 0 Å². The summed E-state index contributed by atoms with van der Waals surface area (Å²) >= 11 is 0. The molecule has 3 nitrogen and oxygen atoms in total. The number of hydrogen-bond acceptors (Lipinski definition) is 2. The second kappa shape index (κ2) is 3.47. The van der Waals surface area contributed by atoms with Crippen molar-refractivity contribution in [3.8, 4) is 0 Å². The van der Waals surface area contributed by atoms with Crippen LogP contribution in [0.3, 0.4) is 0 Å². The Hall–Kier alpha value is -1.12. The monoisotopic (exact) mass is 208 g/mol. The third-order valence-corrected chi connectivity index (χ3v) is 2.32. The lowest BCUT2D eigenvalue weighted by atomic mass is 9.88. The van der Waals surface area contributed by atoms with E-state index in [1.165, 1.54) is 0 Å². The molecule has 15 heavy (non-hydrogen) atoms. The summed E-state index contributed by atoms with van der Waals surface area (Å²) < 4.78 is 0. The van der Waals surface area contributed by atoms with Gasteiger partial charge in [0.05, 0.1) is 0 Å². The van der Waals surface area contributed by atoms with E-state index in [-0.39, 0.29) is 16.4 Å². The highest BCUT2D eigenvalue weighted by Gasteiger charge is 2.21. The highest BCUT2D eigenvalue weighted by molar-refractivity contribution is 5.17. The highest BCUT2D eigenvalue weighted by atomic mass is 16.1. The minimum Gasteiger partial charge on any atom is -0.310 e. The highest BCUT2D eigenvalue weighted by Crippen LogP contribution is 2.20. The van der Waals surface area contributed by atoms with Gasteiger partial charge in [0.2, 0.25) is 0 Å². The molecule has 0 spiro atoms. The summed E-state index contributed by atoms with van der Waals surface area (Å²) in [4.78, 5) is 19.0. The number of nitrogens with zero attached hydrogens (tertiary/aromatic N) is 1. The van der Waals surface area contributed by atoms with Crippen LogP contribution in [0.4, 0.5) is 0 Å². The van der Waals surface area contributed by atoms with Gasteiger partial charge in [0, 0.05) is 17.2 Å². The van der Waals surface area contributed by atoms with Crippen LogP contribution < -0.4 is 5.56 Å². The molecule has 0 radical (unpaired) electrons. The van der Waals surface area contributed by atoms with Crippen molar-refractivity contribution in [3.63, 3.8) is 0 Å². The fraction of sp³-hybridized carbons (Fsp3) is 0.667. The minimum absolute atomic E-state index is 0.0255. The second-order valence-corrected chi connectivity index (χ2v) is 5.97. The lowest BCUT2D eigenvalue weighted by Gasteiger charge is -2.21. The Morgan fingerprint density at radius 2 is 1.60 bits per heavy atom. The first-order valence-electron chi connectivity index (χ1n) is 5.22. The van der Waals surface area contributed by atoms with Gasteiger partial charge in [-0.2, -0.15) is 0 Å². The van der Waals surface area contributed by atoms with Crippen molar-refractivity contribution in [1.29, 1.82) is 0 Å². The number of nitrogens with one attached hydrogen (secondary N) is 1. The van der Waals surface area contributed by atoms with E-state index in [2.05, 4.69) is 9.97 Å². The zero-order valence-electron chi connectivity index (χ0n) is 10.4. The Balaban J connectivity index is 3.28. The average Bonchev–Trinajstić information content (AvgIpc) is 1.99. The van der Waals surface area contributed by atoms with Gasteiger partial charge in [-0.25, -0.2) is 4.98 Å². The third kappa shape index (κ3) is 2.67. The first-order chi connectivity index (χ1) is 6.62.